The van der Waals surface area contributed by atoms with Crippen LogP contribution in [0.3, 0.4) is 0 Å². The maximum Gasteiger partial charge on any atom is 0.255 e. The van der Waals surface area contributed by atoms with E-state index in [1.54, 1.807) is 17.0 Å². The van der Waals surface area contributed by atoms with E-state index in [1.165, 1.54) is 12.8 Å². The Bertz CT molecular complexity index is 1120. The maximum atomic E-state index is 13.0. The Morgan fingerprint density at radius 1 is 1.14 bits per heavy atom. The molecule has 186 valence electrons. The van der Waals surface area contributed by atoms with E-state index in [-0.39, 0.29) is 30.5 Å². The maximum absolute atomic E-state index is 13.0. The van der Waals surface area contributed by atoms with Gasteiger partial charge in [-0.05, 0) is 56.3 Å². The highest BCUT2D eigenvalue weighted by atomic mass is 16.5. The molecule has 1 saturated carbocycles. The van der Waals surface area contributed by atoms with Crippen LogP contribution in [0.15, 0.2) is 28.8 Å². The third-order valence-electron chi connectivity index (χ3n) is 7.71. The van der Waals surface area contributed by atoms with Crippen molar-refractivity contribution >= 4 is 17.5 Å². The second-order valence-corrected chi connectivity index (χ2v) is 10.4. The Morgan fingerprint density at radius 3 is 2.69 bits per heavy atom. The van der Waals surface area contributed by atoms with Gasteiger partial charge in [-0.3, -0.25) is 19.3 Å². The molecular weight excluding hydrogens is 446 g/mol. The van der Waals surface area contributed by atoms with E-state index in [4.69, 9.17) is 9.26 Å². The van der Waals surface area contributed by atoms with Gasteiger partial charge in [0, 0.05) is 30.2 Å². The molecule has 1 aliphatic carbocycles. The van der Waals surface area contributed by atoms with Crippen molar-refractivity contribution in [3.05, 3.63) is 46.8 Å². The van der Waals surface area contributed by atoms with Gasteiger partial charge in [0.05, 0.1) is 24.7 Å². The molecule has 35 heavy (non-hydrogen) atoms. The Kier molecular flexibility index (Phi) is 6.73. The predicted molar refractivity (Wildman–Crippen MR) is 128 cm³/mol. The lowest BCUT2D eigenvalue weighted by Crippen LogP contribution is -2.44. The monoisotopic (exact) mass is 479 g/mol. The number of aromatic nitrogens is 1. The van der Waals surface area contributed by atoms with Crippen LogP contribution in [-0.2, 0) is 29.3 Å². The summed E-state index contributed by atoms with van der Waals surface area (Å²) in [5, 5.41) is 4.22. The standard InChI is InChI=1S/C27H33N3O5/c1-17(2)18-8-10-29(11-9-18)14-19-12-21(35-28-19)16-34-26-5-3-4-22-23(26)15-30(27(22)33)24-7-6-20(31)13-25(24)32/h3-5,12,17-18,24H,6-11,13-16H2,1-2H3. The number of ketones is 2. The zero-order valence-corrected chi connectivity index (χ0v) is 20.5. The third kappa shape index (κ3) is 5.03. The molecule has 3 heterocycles. The summed E-state index contributed by atoms with van der Waals surface area (Å²) < 4.78 is 11.6. The molecule has 0 N–H and O–H groups in total. The molecule has 3 aliphatic rings. The molecule has 0 spiro atoms. The molecule has 1 amide bonds. The Labute approximate surface area is 205 Å². The predicted octanol–water partition coefficient (Wildman–Crippen LogP) is 3.77. The van der Waals surface area contributed by atoms with Crippen molar-refractivity contribution in [2.45, 2.75) is 71.7 Å². The number of ether oxygens (including phenoxy) is 1. The van der Waals surface area contributed by atoms with Crippen LogP contribution in [0.2, 0.25) is 0 Å². The van der Waals surface area contributed by atoms with Crippen LogP contribution in [0, 0.1) is 11.8 Å². The first kappa shape index (κ1) is 23.7. The third-order valence-corrected chi connectivity index (χ3v) is 7.71. The van der Waals surface area contributed by atoms with Crippen molar-refractivity contribution in [1.82, 2.24) is 15.0 Å². The summed E-state index contributed by atoms with van der Waals surface area (Å²) in [6.07, 6.45) is 3.09. The van der Waals surface area contributed by atoms with Crippen molar-refractivity contribution in [2.75, 3.05) is 13.1 Å². The summed E-state index contributed by atoms with van der Waals surface area (Å²) in [5.41, 5.74) is 2.22. The minimum atomic E-state index is -0.539. The van der Waals surface area contributed by atoms with E-state index >= 15 is 0 Å². The Morgan fingerprint density at radius 2 is 1.94 bits per heavy atom. The number of nitrogens with zero attached hydrogens (tertiary/aromatic N) is 3. The summed E-state index contributed by atoms with van der Waals surface area (Å²) in [5.74, 6) is 2.38. The molecule has 0 radical (unpaired) electrons. The van der Waals surface area contributed by atoms with Crippen LogP contribution in [0.4, 0.5) is 0 Å². The van der Waals surface area contributed by atoms with E-state index in [2.05, 4.69) is 23.9 Å². The smallest absolute Gasteiger partial charge is 0.255 e. The summed E-state index contributed by atoms with van der Waals surface area (Å²) in [6, 6.07) is 6.78. The zero-order chi connectivity index (χ0) is 24.5. The average molecular weight is 480 g/mol. The quantitative estimate of drug-likeness (QED) is 0.558. The molecule has 8 heteroatoms. The summed E-state index contributed by atoms with van der Waals surface area (Å²) >= 11 is 0. The number of hydrogen-bond acceptors (Lipinski definition) is 7. The fourth-order valence-electron chi connectivity index (χ4n) is 5.56. The number of likely N-dealkylation sites (tertiary alicyclic amines) is 1. The molecule has 2 aromatic rings. The number of Topliss-reactive ketones (excluding diaryl/α,β-unsaturated/α-hetero) is 2. The molecule has 0 bridgehead atoms. The van der Waals surface area contributed by atoms with Crippen LogP contribution in [-0.4, -0.2) is 51.6 Å². The zero-order valence-electron chi connectivity index (χ0n) is 20.5. The topological polar surface area (TPSA) is 93.0 Å². The van der Waals surface area contributed by atoms with Crippen molar-refractivity contribution in [3.63, 3.8) is 0 Å². The minimum Gasteiger partial charge on any atom is -0.485 e. The van der Waals surface area contributed by atoms with E-state index in [0.29, 0.717) is 36.5 Å². The van der Waals surface area contributed by atoms with Gasteiger partial charge in [0.1, 0.15) is 18.1 Å². The molecule has 1 aromatic carbocycles. The van der Waals surface area contributed by atoms with Gasteiger partial charge in [-0.25, -0.2) is 0 Å². The van der Waals surface area contributed by atoms with Crippen LogP contribution >= 0.6 is 0 Å². The molecule has 2 fully saturated rings. The van der Waals surface area contributed by atoms with Gasteiger partial charge in [-0.2, -0.15) is 0 Å². The van der Waals surface area contributed by atoms with Crippen LogP contribution in [0.1, 0.15) is 73.3 Å². The minimum absolute atomic E-state index is 0.0501. The number of piperidine rings is 1. The number of carbonyl (C=O) groups excluding carboxylic acids is 3. The fourth-order valence-corrected chi connectivity index (χ4v) is 5.56. The van der Waals surface area contributed by atoms with Crippen molar-refractivity contribution in [2.24, 2.45) is 11.8 Å². The van der Waals surface area contributed by atoms with Gasteiger partial charge in [0.25, 0.3) is 5.91 Å². The van der Waals surface area contributed by atoms with Crippen LogP contribution in [0.5, 0.6) is 5.75 Å². The molecule has 8 nitrogen and oxygen atoms in total. The highest BCUT2D eigenvalue weighted by molar-refractivity contribution is 6.07. The van der Waals surface area contributed by atoms with Crippen molar-refractivity contribution in [1.29, 1.82) is 0 Å². The Balaban J connectivity index is 1.19. The lowest BCUT2D eigenvalue weighted by atomic mass is 9.87. The molecule has 1 unspecified atom stereocenters. The summed E-state index contributed by atoms with van der Waals surface area (Å²) in [4.78, 5) is 41.0. The molecule has 1 atom stereocenters. The highest BCUT2D eigenvalue weighted by Crippen LogP contribution is 2.34. The highest BCUT2D eigenvalue weighted by Gasteiger charge is 2.40. The molecule has 5 rings (SSSR count). The number of fused-ring (bicyclic) bond motifs is 1. The number of benzene rings is 1. The van der Waals surface area contributed by atoms with E-state index in [0.717, 1.165) is 42.7 Å². The lowest BCUT2D eigenvalue weighted by molar-refractivity contribution is -0.133. The van der Waals surface area contributed by atoms with Crippen molar-refractivity contribution < 1.29 is 23.6 Å². The first-order valence-electron chi connectivity index (χ1n) is 12.7. The lowest BCUT2D eigenvalue weighted by Gasteiger charge is -2.33. The number of carbonyl (C=O) groups is 3. The van der Waals surface area contributed by atoms with Gasteiger partial charge in [-0.1, -0.05) is 25.1 Å². The van der Waals surface area contributed by atoms with Gasteiger partial charge in [0.15, 0.2) is 11.5 Å². The normalized spacial score (nSPS) is 21.7. The largest absolute Gasteiger partial charge is 0.485 e. The number of rotatable bonds is 7. The Hall–Kier alpha value is -3.00. The SMILES string of the molecule is CC(C)C1CCN(Cc2cc(COc3cccc4c3CN(C3CCC(=O)CC3=O)C4=O)on2)CC1. The van der Waals surface area contributed by atoms with E-state index < -0.39 is 6.04 Å². The first-order valence-corrected chi connectivity index (χ1v) is 12.7. The molecule has 1 aromatic heterocycles. The van der Waals surface area contributed by atoms with Gasteiger partial charge >= 0.3 is 0 Å². The van der Waals surface area contributed by atoms with Crippen LogP contribution < -0.4 is 4.74 Å². The van der Waals surface area contributed by atoms with Gasteiger partial charge in [-0.15, -0.1) is 0 Å². The fraction of sp³-hybridized carbons (Fsp3) is 0.556. The van der Waals surface area contributed by atoms with E-state index in [1.807, 2.05) is 12.1 Å². The van der Waals surface area contributed by atoms with Crippen LogP contribution in [0.25, 0.3) is 0 Å². The molecule has 1 saturated heterocycles. The second kappa shape index (κ2) is 9.93. The van der Waals surface area contributed by atoms with E-state index in [9.17, 15) is 14.4 Å². The number of hydrogen-bond donors (Lipinski definition) is 0. The number of amides is 1. The van der Waals surface area contributed by atoms with Crippen molar-refractivity contribution in [3.8, 4) is 5.75 Å². The molecular formula is C27H33N3O5. The average Bonchev–Trinajstić information content (AvgIpc) is 3.42. The first-order chi connectivity index (χ1) is 16.9. The van der Waals surface area contributed by atoms with Gasteiger partial charge < -0.3 is 14.2 Å². The summed E-state index contributed by atoms with van der Waals surface area (Å²) in [6.45, 7) is 8.07. The molecule has 2 aliphatic heterocycles. The van der Waals surface area contributed by atoms with Gasteiger partial charge in [0.2, 0.25) is 0 Å². The second-order valence-electron chi connectivity index (χ2n) is 10.4. The summed E-state index contributed by atoms with van der Waals surface area (Å²) in [7, 11) is 0.